The maximum absolute atomic E-state index is 10.7. The largest absolute Gasteiger partial charge is 0.316 e. The molecule has 2 N–H and O–H groups in total. The van der Waals surface area contributed by atoms with E-state index in [-0.39, 0.29) is 5.57 Å². The van der Waals surface area contributed by atoms with E-state index >= 15 is 0 Å². The molecule has 61 valence electrons. The second-order valence-corrected chi connectivity index (χ2v) is 1.93. The van der Waals surface area contributed by atoms with Crippen molar-refractivity contribution in [3.63, 3.8) is 0 Å². The summed E-state index contributed by atoms with van der Waals surface area (Å²) in [5.41, 5.74) is -0.386. The molecule has 1 rings (SSSR count). The van der Waals surface area contributed by atoms with Gasteiger partial charge in [0.25, 0.3) is 17.7 Å². The van der Waals surface area contributed by atoms with Gasteiger partial charge in [-0.05, 0) is 0 Å². The van der Waals surface area contributed by atoms with Crippen molar-refractivity contribution in [2.45, 2.75) is 0 Å². The van der Waals surface area contributed by atoms with Crippen LogP contribution in [0.5, 0.6) is 0 Å². The van der Waals surface area contributed by atoms with Crippen LogP contribution in [0.15, 0.2) is 11.6 Å². The van der Waals surface area contributed by atoms with Crippen LogP contribution in [0.1, 0.15) is 0 Å². The Morgan fingerprint density at radius 2 is 2.17 bits per heavy atom. The summed E-state index contributed by atoms with van der Waals surface area (Å²) in [6.45, 7) is 0. The monoisotopic (exact) mass is 167 g/mol. The predicted molar refractivity (Wildman–Crippen MR) is 35.1 cm³/mol. The van der Waals surface area contributed by atoms with E-state index in [9.17, 15) is 19.2 Å². The van der Waals surface area contributed by atoms with Crippen LogP contribution in [0.2, 0.25) is 0 Å². The molecule has 0 aromatic rings. The Bertz CT molecular complexity index is 305. The first-order chi connectivity index (χ1) is 5.65. The molecular formula is C6H3N2O4. The van der Waals surface area contributed by atoms with Crippen LogP contribution in [0.3, 0.4) is 0 Å². The van der Waals surface area contributed by atoms with Crippen molar-refractivity contribution in [3.05, 3.63) is 11.6 Å². The van der Waals surface area contributed by atoms with Gasteiger partial charge in [0.15, 0.2) is 0 Å². The highest BCUT2D eigenvalue weighted by Crippen LogP contribution is 2.00. The van der Waals surface area contributed by atoms with E-state index in [1.54, 1.807) is 5.32 Å². The molecule has 1 heterocycles. The minimum atomic E-state index is -0.937. The Hall–Kier alpha value is -1.98. The Morgan fingerprint density at radius 1 is 1.50 bits per heavy atom. The highest BCUT2D eigenvalue weighted by molar-refractivity contribution is 6.30. The fraction of sp³-hybridized carbons (Fsp3) is 0. The Labute approximate surface area is 66.6 Å². The molecule has 12 heavy (non-hydrogen) atoms. The molecule has 0 fully saturated rings. The molecule has 0 aromatic carbocycles. The zero-order chi connectivity index (χ0) is 9.14. The summed E-state index contributed by atoms with van der Waals surface area (Å²) in [6, 6.07) is 0. The summed E-state index contributed by atoms with van der Waals surface area (Å²) in [4.78, 5) is 41.6. The molecule has 1 aliphatic heterocycles. The fourth-order valence-corrected chi connectivity index (χ4v) is 0.694. The van der Waals surface area contributed by atoms with Gasteiger partial charge >= 0.3 is 6.41 Å². The minimum Gasteiger partial charge on any atom is -0.288 e. The maximum Gasteiger partial charge on any atom is 0.316 e. The van der Waals surface area contributed by atoms with E-state index in [0.717, 1.165) is 12.5 Å². The molecule has 0 saturated heterocycles. The summed E-state index contributed by atoms with van der Waals surface area (Å²) < 4.78 is 0. The van der Waals surface area contributed by atoms with Crippen molar-refractivity contribution in [2.24, 2.45) is 0 Å². The van der Waals surface area contributed by atoms with Gasteiger partial charge in [-0.15, -0.1) is 0 Å². The SMILES string of the molecule is O=[C]NC(=O)C1=CC(=O)NC1=O. The first-order valence-corrected chi connectivity index (χ1v) is 2.89. The van der Waals surface area contributed by atoms with E-state index in [0.29, 0.717) is 0 Å². The van der Waals surface area contributed by atoms with Crippen LogP contribution < -0.4 is 10.6 Å². The smallest absolute Gasteiger partial charge is 0.288 e. The third-order valence-electron chi connectivity index (χ3n) is 1.17. The Morgan fingerprint density at radius 3 is 2.58 bits per heavy atom. The molecule has 1 radical (unpaired) electrons. The second-order valence-electron chi connectivity index (χ2n) is 1.93. The molecule has 4 amide bonds. The van der Waals surface area contributed by atoms with Gasteiger partial charge in [0.2, 0.25) is 0 Å². The lowest BCUT2D eigenvalue weighted by Crippen LogP contribution is -2.30. The molecule has 6 nitrogen and oxygen atoms in total. The van der Waals surface area contributed by atoms with Crippen molar-refractivity contribution >= 4 is 24.1 Å². The molecule has 0 unspecified atom stereocenters. The molecule has 0 aliphatic carbocycles. The van der Waals surface area contributed by atoms with Crippen LogP contribution in [-0.4, -0.2) is 24.1 Å². The Balaban J connectivity index is 2.81. The van der Waals surface area contributed by atoms with E-state index < -0.39 is 17.7 Å². The van der Waals surface area contributed by atoms with Gasteiger partial charge in [0, 0.05) is 6.08 Å². The Kier molecular flexibility index (Phi) is 2.00. The number of carbonyl (C=O) groups excluding carboxylic acids is 4. The van der Waals surface area contributed by atoms with Crippen LogP contribution in [0.4, 0.5) is 0 Å². The normalized spacial score (nSPS) is 15.2. The third kappa shape index (κ3) is 1.36. The quantitative estimate of drug-likeness (QED) is 0.276. The molecule has 0 spiro atoms. The second kappa shape index (κ2) is 2.95. The third-order valence-corrected chi connectivity index (χ3v) is 1.17. The van der Waals surface area contributed by atoms with E-state index in [1.807, 2.05) is 5.32 Å². The summed E-state index contributed by atoms with van der Waals surface area (Å²) in [5, 5.41) is 3.46. The summed E-state index contributed by atoms with van der Waals surface area (Å²) in [7, 11) is 0. The number of nitrogens with one attached hydrogen (secondary N) is 2. The molecule has 0 aromatic heterocycles. The van der Waals surface area contributed by atoms with Crippen LogP contribution >= 0.6 is 0 Å². The van der Waals surface area contributed by atoms with Crippen molar-refractivity contribution in [3.8, 4) is 0 Å². The lowest BCUT2D eigenvalue weighted by Gasteiger charge is -1.93. The van der Waals surface area contributed by atoms with Gasteiger partial charge in [0.1, 0.15) is 5.57 Å². The lowest BCUT2D eigenvalue weighted by atomic mass is 10.2. The number of carbonyl (C=O) groups is 3. The van der Waals surface area contributed by atoms with Gasteiger partial charge in [0.05, 0.1) is 0 Å². The molecule has 0 atom stereocenters. The molecule has 1 aliphatic rings. The molecular weight excluding hydrogens is 164 g/mol. The highest BCUT2D eigenvalue weighted by atomic mass is 16.2. The van der Waals surface area contributed by atoms with Crippen molar-refractivity contribution in [1.82, 2.24) is 10.6 Å². The van der Waals surface area contributed by atoms with Crippen LogP contribution in [0, 0.1) is 0 Å². The number of imide groups is 2. The minimum absolute atomic E-state index is 0.386. The number of rotatable bonds is 2. The lowest BCUT2D eigenvalue weighted by molar-refractivity contribution is -0.125. The number of hydrogen-bond acceptors (Lipinski definition) is 4. The van der Waals surface area contributed by atoms with Crippen LogP contribution in [-0.2, 0) is 19.2 Å². The summed E-state index contributed by atoms with van der Waals surface area (Å²) in [6.07, 6.45) is 1.91. The topological polar surface area (TPSA) is 92.3 Å². The highest BCUT2D eigenvalue weighted by Gasteiger charge is 2.26. The predicted octanol–water partition coefficient (Wildman–Crippen LogP) is -2.25. The van der Waals surface area contributed by atoms with Crippen molar-refractivity contribution < 1.29 is 19.2 Å². The van der Waals surface area contributed by atoms with E-state index in [4.69, 9.17) is 0 Å². The zero-order valence-electron chi connectivity index (χ0n) is 5.71. The first-order valence-electron chi connectivity index (χ1n) is 2.89. The average Bonchev–Trinajstić information content (AvgIpc) is 2.30. The van der Waals surface area contributed by atoms with Gasteiger partial charge in [-0.3, -0.25) is 29.8 Å². The average molecular weight is 167 g/mol. The number of hydrogen-bond donors (Lipinski definition) is 2. The van der Waals surface area contributed by atoms with Crippen molar-refractivity contribution in [2.75, 3.05) is 0 Å². The molecule has 0 bridgehead atoms. The zero-order valence-corrected chi connectivity index (χ0v) is 5.71. The van der Waals surface area contributed by atoms with Gasteiger partial charge < -0.3 is 0 Å². The first kappa shape index (κ1) is 8.12. The molecule has 6 heteroatoms. The van der Waals surface area contributed by atoms with Crippen molar-refractivity contribution in [1.29, 1.82) is 0 Å². The van der Waals surface area contributed by atoms with Gasteiger partial charge in [-0.25, -0.2) is 0 Å². The standard InChI is InChI=1S/C6H3N2O4/c9-2-7-5(11)3-1-4(10)8-6(3)12/h1H,(H,7,9,11)(H,8,10,12). The summed E-state index contributed by atoms with van der Waals surface area (Å²) >= 11 is 0. The van der Waals surface area contributed by atoms with Gasteiger partial charge in [-0.1, -0.05) is 0 Å². The number of amides is 4. The van der Waals surface area contributed by atoms with E-state index in [1.165, 1.54) is 0 Å². The summed E-state index contributed by atoms with van der Waals surface area (Å²) in [5.74, 6) is -2.42. The maximum atomic E-state index is 10.7. The van der Waals surface area contributed by atoms with Gasteiger partial charge in [-0.2, -0.15) is 0 Å². The molecule has 0 saturated carbocycles. The fourth-order valence-electron chi connectivity index (χ4n) is 0.694. The van der Waals surface area contributed by atoms with Crippen LogP contribution in [0.25, 0.3) is 0 Å². The van der Waals surface area contributed by atoms with E-state index in [2.05, 4.69) is 0 Å².